The molecule has 0 aliphatic heterocycles. The fraction of sp³-hybridized carbons (Fsp3) is 0.111. The molecular weight excluding hydrogens is 223 g/mol. The normalized spacial score (nSPS) is 9.50. The van der Waals surface area contributed by atoms with Crippen molar-refractivity contribution in [1.29, 1.82) is 5.26 Å². The van der Waals surface area contributed by atoms with E-state index in [-0.39, 0.29) is 33.5 Å². The predicted octanol–water partition coefficient (Wildman–Crippen LogP) is 2.22. The molecule has 0 saturated heterocycles. The van der Waals surface area contributed by atoms with Crippen molar-refractivity contribution in [3.05, 3.63) is 28.3 Å². The van der Waals surface area contributed by atoms with E-state index in [2.05, 4.69) is 0 Å². The number of nitriles is 1. The molecule has 0 bridgehead atoms. The van der Waals surface area contributed by atoms with Crippen molar-refractivity contribution in [2.45, 2.75) is 0 Å². The van der Waals surface area contributed by atoms with Gasteiger partial charge in [0.25, 0.3) is 0 Å². The zero-order valence-corrected chi connectivity index (χ0v) is 8.56. The quantitative estimate of drug-likeness (QED) is 0.480. The summed E-state index contributed by atoms with van der Waals surface area (Å²) in [5, 5.41) is 8.98. The van der Waals surface area contributed by atoms with Gasteiger partial charge < -0.3 is 5.73 Å². The number of alkyl halides is 1. The number of ketones is 1. The Balaban J connectivity index is 3.36. The van der Waals surface area contributed by atoms with Crippen molar-refractivity contribution >= 4 is 34.7 Å². The van der Waals surface area contributed by atoms with E-state index < -0.39 is 0 Å². The molecule has 0 amide bonds. The molecule has 0 saturated carbocycles. The Hall–Kier alpha value is -1.24. The van der Waals surface area contributed by atoms with Gasteiger partial charge in [-0.25, -0.2) is 0 Å². The zero-order valence-electron chi connectivity index (χ0n) is 7.05. The molecule has 0 spiro atoms. The van der Waals surface area contributed by atoms with Crippen LogP contribution in [0.5, 0.6) is 0 Å². The molecule has 14 heavy (non-hydrogen) atoms. The molecule has 0 aromatic heterocycles. The van der Waals surface area contributed by atoms with E-state index in [9.17, 15) is 4.79 Å². The number of nitrogens with two attached hydrogens (primary N) is 1. The lowest BCUT2D eigenvalue weighted by atomic mass is 10.0. The minimum absolute atomic E-state index is 0.186. The Morgan fingerprint density at radius 1 is 1.57 bits per heavy atom. The Bertz CT molecular complexity index is 424. The van der Waals surface area contributed by atoms with E-state index >= 15 is 0 Å². The molecule has 0 aliphatic rings. The van der Waals surface area contributed by atoms with Crippen LogP contribution in [0.3, 0.4) is 0 Å². The third-order valence-corrected chi connectivity index (χ3v) is 2.25. The van der Waals surface area contributed by atoms with Crippen molar-refractivity contribution in [3.8, 4) is 6.07 Å². The van der Waals surface area contributed by atoms with Gasteiger partial charge in [-0.05, 0) is 12.1 Å². The van der Waals surface area contributed by atoms with E-state index in [1.54, 1.807) is 0 Å². The van der Waals surface area contributed by atoms with Gasteiger partial charge in [0.1, 0.15) is 0 Å². The van der Waals surface area contributed by atoms with Crippen molar-refractivity contribution in [3.63, 3.8) is 0 Å². The molecule has 0 aliphatic carbocycles. The highest BCUT2D eigenvalue weighted by Gasteiger charge is 2.12. The van der Waals surface area contributed by atoms with Crippen LogP contribution in [-0.2, 0) is 0 Å². The van der Waals surface area contributed by atoms with Gasteiger partial charge in [-0.3, -0.25) is 4.79 Å². The summed E-state index contributed by atoms with van der Waals surface area (Å²) in [7, 11) is 0. The summed E-state index contributed by atoms with van der Waals surface area (Å²) in [5.74, 6) is -0.528. The van der Waals surface area contributed by atoms with Crippen LogP contribution in [0.2, 0.25) is 5.02 Å². The number of Topliss-reactive ketones (excluding diaryl/α,β-unsaturated/α-hetero) is 1. The van der Waals surface area contributed by atoms with Crippen LogP contribution in [0.15, 0.2) is 12.1 Å². The summed E-state index contributed by atoms with van der Waals surface area (Å²) in [6, 6.07) is 4.59. The highest BCUT2D eigenvalue weighted by Crippen LogP contribution is 2.23. The van der Waals surface area contributed by atoms with Crippen LogP contribution in [-0.4, -0.2) is 11.7 Å². The van der Waals surface area contributed by atoms with E-state index in [0.29, 0.717) is 0 Å². The molecule has 1 aromatic carbocycles. The standard InChI is InChI=1S/C9H6Cl2N2O/c10-3-9(14)6-2-7(11)8(13)1-5(6)4-12/h1-2H,3,13H2. The molecule has 2 N–H and O–H groups in total. The maximum absolute atomic E-state index is 11.3. The smallest absolute Gasteiger partial charge is 0.178 e. The summed E-state index contributed by atoms with van der Waals surface area (Å²) in [4.78, 5) is 11.3. The average Bonchev–Trinajstić information content (AvgIpc) is 2.20. The minimum atomic E-state index is -0.342. The Morgan fingerprint density at radius 2 is 2.21 bits per heavy atom. The lowest BCUT2D eigenvalue weighted by Gasteiger charge is -2.03. The molecule has 3 nitrogen and oxygen atoms in total. The summed E-state index contributed by atoms with van der Waals surface area (Å²) >= 11 is 11.1. The highest BCUT2D eigenvalue weighted by atomic mass is 35.5. The van der Waals surface area contributed by atoms with Crippen molar-refractivity contribution in [2.75, 3.05) is 11.6 Å². The summed E-state index contributed by atoms with van der Waals surface area (Å²) < 4.78 is 0. The van der Waals surface area contributed by atoms with Gasteiger partial charge in [-0.2, -0.15) is 5.26 Å². The molecule has 0 heterocycles. The number of hydrogen-bond donors (Lipinski definition) is 1. The molecule has 5 heteroatoms. The number of anilines is 1. The second kappa shape index (κ2) is 4.32. The van der Waals surface area contributed by atoms with E-state index in [1.807, 2.05) is 6.07 Å². The van der Waals surface area contributed by atoms with Gasteiger partial charge in [0.2, 0.25) is 0 Å². The Labute approximate surface area is 91.0 Å². The fourth-order valence-corrected chi connectivity index (χ4v) is 1.29. The first kappa shape index (κ1) is 10.8. The topological polar surface area (TPSA) is 66.9 Å². The number of nitrogen functional groups attached to an aromatic ring is 1. The number of rotatable bonds is 2. The van der Waals surface area contributed by atoms with Crippen LogP contribution in [0, 0.1) is 11.3 Å². The molecule has 0 radical (unpaired) electrons. The number of halogens is 2. The fourth-order valence-electron chi connectivity index (χ4n) is 0.985. The SMILES string of the molecule is N#Cc1cc(N)c(Cl)cc1C(=O)CCl. The van der Waals surface area contributed by atoms with Crippen LogP contribution in [0.1, 0.15) is 15.9 Å². The summed E-state index contributed by atoms with van der Waals surface area (Å²) in [6.45, 7) is 0. The van der Waals surface area contributed by atoms with Crippen molar-refractivity contribution in [1.82, 2.24) is 0 Å². The third kappa shape index (κ3) is 1.98. The first-order valence-corrected chi connectivity index (χ1v) is 4.59. The second-order valence-electron chi connectivity index (χ2n) is 2.59. The van der Waals surface area contributed by atoms with Gasteiger partial charge in [0.05, 0.1) is 28.2 Å². The zero-order chi connectivity index (χ0) is 10.7. The number of benzene rings is 1. The van der Waals surface area contributed by atoms with Gasteiger partial charge in [-0.15, -0.1) is 11.6 Å². The van der Waals surface area contributed by atoms with Gasteiger partial charge in [-0.1, -0.05) is 11.6 Å². The van der Waals surface area contributed by atoms with Crippen LogP contribution >= 0.6 is 23.2 Å². The molecule has 0 unspecified atom stereocenters. The molecule has 0 fully saturated rings. The van der Waals surface area contributed by atoms with Crippen molar-refractivity contribution < 1.29 is 4.79 Å². The third-order valence-electron chi connectivity index (χ3n) is 1.68. The largest absolute Gasteiger partial charge is 0.397 e. The first-order chi connectivity index (χ1) is 6.60. The van der Waals surface area contributed by atoms with Crippen LogP contribution < -0.4 is 5.73 Å². The Kier molecular flexibility index (Phi) is 3.34. The summed E-state index contributed by atoms with van der Waals surface area (Å²) in [6.07, 6.45) is 0. The maximum atomic E-state index is 11.3. The molecule has 0 atom stereocenters. The summed E-state index contributed by atoms with van der Waals surface area (Å²) in [5.41, 5.74) is 6.15. The lowest BCUT2D eigenvalue weighted by Crippen LogP contribution is -2.04. The molecule has 72 valence electrons. The van der Waals surface area contributed by atoms with Crippen LogP contribution in [0.4, 0.5) is 5.69 Å². The van der Waals surface area contributed by atoms with E-state index in [4.69, 9.17) is 34.2 Å². The molecule has 1 aromatic rings. The lowest BCUT2D eigenvalue weighted by molar-refractivity contribution is 0.102. The van der Waals surface area contributed by atoms with Gasteiger partial charge in [0, 0.05) is 5.56 Å². The van der Waals surface area contributed by atoms with E-state index in [0.717, 1.165) is 0 Å². The number of carbonyl (C=O) groups is 1. The number of hydrogen-bond acceptors (Lipinski definition) is 3. The van der Waals surface area contributed by atoms with Crippen molar-refractivity contribution in [2.24, 2.45) is 0 Å². The molecular formula is C9H6Cl2N2O. The van der Waals surface area contributed by atoms with Crippen LogP contribution in [0.25, 0.3) is 0 Å². The Morgan fingerprint density at radius 3 is 2.71 bits per heavy atom. The minimum Gasteiger partial charge on any atom is -0.397 e. The predicted molar refractivity (Wildman–Crippen MR) is 55.6 cm³/mol. The van der Waals surface area contributed by atoms with Gasteiger partial charge >= 0.3 is 0 Å². The first-order valence-electron chi connectivity index (χ1n) is 3.68. The number of carbonyl (C=O) groups excluding carboxylic acids is 1. The van der Waals surface area contributed by atoms with E-state index in [1.165, 1.54) is 12.1 Å². The van der Waals surface area contributed by atoms with Gasteiger partial charge in [0.15, 0.2) is 5.78 Å². The maximum Gasteiger partial charge on any atom is 0.178 e. The average molecular weight is 229 g/mol. The highest BCUT2D eigenvalue weighted by molar-refractivity contribution is 6.34. The molecule has 1 rings (SSSR count). The monoisotopic (exact) mass is 228 g/mol. The second-order valence-corrected chi connectivity index (χ2v) is 3.26. The number of nitrogens with zero attached hydrogens (tertiary/aromatic N) is 1.